The summed E-state index contributed by atoms with van der Waals surface area (Å²) >= 11 is 5.90. The normalized spacial score (nSPS) is 11.8. The van der Waals surface area contributed by atoms with Gasteiger partial charge in [0.25, 0.3) is 5.91 Å². The van der Waals surface area contributed by atoms with Crippen LogP contribution in [0.1, 0.15) is 37.8 Å². The number of carbonyl (C=O) groups excluding carboxylic acids is 1. The van der Waals surface area contributed by atoms with Crippen LogP contribution in [0.25, 0.3) is 6.08 Å². The number of anilines is 1. The minimum Gasteiger partial charge on any atom is -0.376 e. The Morgan fingerprint density at radius 3 is 2.58 bits per heavy atom. The number of allylic oxidation sites excluding steroid dienone is 1. The molecule has 0 atom stereocenters. The molecule has 0 spiro atoms. The number of hydrogen-bond acceptors (Lipinski definition) is 3. The van der Waals surface area contributed by atoms with Crippen molar-refractivity contribution in [2.45, 2.75) is 26.7 Å². The summed E-state index contributed by atoms with van der Waals surface area (Å²) in [4.78, 5) is 11.8. The highest BCUT2D eigenvalue weighted by molar-refractivity contribution is 6.30. The van der Waals surface area contributed by atoms with Gasteiger partial charge in [-0.1, -0.05) is 61.9 Å². The molecule has 0 aliphatic rings. The number of hydrazone groups is 1. The molecule has 5 heteroatoms. The van der Waals surface area contributed by atoms with E-state index in [0.717, 1.165) is 16.8 Å². The van der Waals surface area contributed by atoms with Crippen molar-refractivity contribution in [2.24, 2.45) is 5.10 Å². The second kappa shape index (κ2) is 9.78. The lowest BCUT2D eigenvalue weighted by molar-refractivity contribution is -0.119. The lowest BCUT2D eigenvalue weighted by Crippen LogP contribution is -2.25. The SMILES string of the molecule is CC(C=NNC(=O)CNc1cccc(Cl)c1)=Cc1ccc(C(C)C)cc1. The molecule has 2 aromatic carbocycles. The number of carbonyl (C=O) groups is 1. The molecular formula is C21H24ClN3O. The van der Waals surface area contributed by atoms with E-state index in [9.17, 15) is 4.79 Å². The quantitative estimate of drug-likeness (QED) is 0.528. The van der Waals surface area contributed by atoms with E-state index in [1.165, 1.54) is 5.56 Å². The van der Waals surface area contributed by atoms with E-state index in [4.69, 9.17) is 11.6 Å². The number of hydrogen-bond donors (Lipinski definition) is 2. The van der Waals surface area contributed by atoms with Crippen molar-refractivity contribution < 1.29 is 4.79 Å². The summed E-state index contributed by atoms with van der Waals surface area (Å²) in [6, 6.07) is 15.6. The highest BCUT2D eigenvalue weighted by atomic mass is 35.5. The van der Waals surface area contributed by atoms with Crippen LogP contribution in [0.15, 0.2) is 59.2 Å². The van der Waals surface area contributed by atoms with Crippen LogP contribution in [0.3, 0.4) is 0 Å². The van der Waals surface area contributed by atoms with Gasteiger partial charge in [0.1, 0.15) is 0 Å². The van der Waals surface area contributed by atoms with E-state index in [0.29, 0.717) is 10.9 Å². The third-order valence-electron chi connectivity index (χ3n) is 3.73. The first-order valence-electron chi connectivity index (χ1n) is 8.53. The van der Waals surface area contributed by atoms with Crippen molar-refractivity contribution in [3.8, 4) is 0 Å². The average Bonchev–Trinajstić information content (AvgIpc) is 2.60. The monoisotopic (exact) mass is 369 g/mol. The van der Waals surface area contributed by atoms with Gasteiger partial charge in [0.2, 0.25) is 0 Å². The number of nitrogens with one attached hydrogen (secondary N) is 2. The molecule has 0 fully saturated rings. The summed E-state index contributed by atoms with van der Waals surface area (Å²) < 4.78 is 0. The van der Waals surface area contributed by atoms with Crippen LogP contribution in [0.4, 0.5) is 5.69 Å². The second-order valence-electron chi connectivity index (χ2n) is 6.37. The van der Waals surface area contributed by atoms with Gasteiger partial charge in [-0.2, -0.15) is 5.10 Å². The number of halogens is 1. The minimum absolute atomic E-state index is 0.122. The Balaban J connectivity index is 1.81. The first-order valence-corrected chi connectivity index (χ1v) is 8.91. The van der Waals surface area contributed by atoms with Crippen molar-refractivity contribution in [1.82, 2.24) is 5.43 Å². The molecule has 0 heterocycles. The Bertz CT molecular complexity index is 795. The third-order valence-corrected chi connectivity index (χ3v) is 3.97. The van der Waals surface area contributed by atoms with Gasteiger partial charge in [-0.3, -0.25) is 4.79 Å². The summed E-state index contributed by atoms with van der Waals surface area (Å²) in [5, 5.41) is 7.60. The highest BCUT2D eigenvalue weighted by Gasteiger charge is 2.00. The summed E-state index contributed by atoms with van der Waals surface area (Å²) in [7, 11) is 0. The van der Waals surface area contributed by atoms with Gasteiger partial charge in [0.15, 0.2) is 0 Å². The zero-order valence-corrected chi connectivity index (χ0v) is 16.0. The molecule has 0 aromatic heterocycles. The molecular weight excluding hydrogens is 346 g/mol. The maximum atomic E-state index is 11.8. The van der Waals surface area contributed by atoms with Gasteiger partial charge in [0.05, 0.1) is 12.8 Å². The lowest BCUT2D eigenvalue weighted by atomic mass is 10.0. The third kappa shape index (κ3) is 6.73. The van der Waals surface area contributed by atoms with Crippen molar-refractivity contribution in [3.63, 3.8) is 0 Å². The number of rotatable bonds is 7. The van der Waals surface area contributed by atoms with Crippen LogP contribution in [0, 0.1) is 0 Å². The van der Waals surface area contributed by atoms with E-state index in [1.54, 1.807) is 18.3 Å². The lowest BCUT2D eigenvalue weighted by Gasteiger charge is -2.05. The Labute approximate surface area is 160 Å². The molecule has 4 nitrogen and oxygen atoms in total. The molecule has 136 valence electrons. The molecule has 0 aliphatic carbocycles. The first-order chi connectivity index (χ1) is 12.4. The number of amides is 1. The maximum absolute atomic E-state index is 11.8. The summed E-state index contributed by atoms with van der Waals surface area (Å²) in [6.45, 7) is 6.41. The molecule has 26 heavy (non-hydrogen) atoms. The van der Waals surface area contributed by atoms with Gasteiger partial charge < -0.3 is 5.32 Å². The van der Waals surface area contributed by atoms with Crippen LogP contribution < -0.4 is 10.7 Å². The highest BCUT2D eigenvalue weighted by Crippen LogP contribution is 2.16. The largest absolute Gasteiger partial charge is 0.376 e. The zero-order chi connectivity index (χ0) is 18.9. The summed E-state index contributed by atoms with van der Waals surface area (Å²) in [6.07, 6.45) is 3.65. The van der Waals surface area contributed by atoms with E-state index >= 15 is 0 Å². The fourth-order valence-corrected chi connectivity index (χ4v) is 2.49. The van der Waals surface area contributed by atoms with Crippen LogP contribution in [0.5, 0.6) is 0 Å². The van der Waals surface area contributed by atoms with Gasteiger partial charge in [-0.15, -0.1) is 0 Å². The average molecular weight is 370 g/mol. The van der Waals surface area contributed by atoms with E-state index in [-0.39, 0.29) is 12.5 Å². The second-order valence-corrected chi connectivity index (χ2v) is 6.80. The maximum Gasteiger partial charge on any atom is 0.259 e. The smallest absolute Gasteiger partial charge is 0.259 e. The van der Waals surface area contributed by atoms with Crippen molar-refractivity contribution in [3.05, 3.63) is 70.3 Å². The molecule has 0 bridgehead atoms. The minimum atomic E-state index is -0.227. The predicted octanol–water partition coefficient (Wildman–Crippen LogP) is 5.08. The van der Waals surface area contributed by atoms with Crippen molar-refractivity contribution in [2.75, 3.05) is 11.9 Å². The number of benzene rings is 2. The molecule has 2 N–H and O–H groups in total. The predicted molar refractivity (Wildman–Crippen MR) is 111 cm³/mol. The summed E-state index contributed by atoms with van der Waals surface area (Å²) in [5.41, 5.74) is 6.66. The van der Waals surface area contributed by atoms with Crippen molar-refractivity contribution in [1.29, 1.82) is 0 Å². The zero-order valence-electron chi connectivity index (χ0n) is 15.3. The molecule has 1 amide bonds. The molecule has 0 aliphatic heterocycles. The Hall–Kier alpha value is -2.59. The molecule has 0 saturated heterocycles. The van der Waals surface area contributed by atoms with Crippen molar-refractivity contribution >= 4 is 35.5 Å². The standard InChI is InChI=1S/C21H24ClN3O/c1-15(2)18-9-7-17(8-10-18)11-16(3)13-24-25-21(26)14-23-20-6-4-5-19(22)12-20/h4-13,15,23H,14H2,1-3H3,(H,25,26). The number of nitrogens with zero attached hydrogens (tertiary/aromatic N) is 1. The Kier molecular flexibility index (Phi) is 7.42. The van der Waals surface area contributed by atoms with Gasteiger partial charge in [0, 0.05) is 10.7 Å². The molecule has 2 rings (SSSR count). The van der Waals surface area contributed by atoms with E-state index in [2.05, 4.69) is 54.0 Å². The topological polar surface area (TPSA) is 53.5 Å². The van der Waals surface area contributed by atoms with Crippen LogP contribution >= 0.6 is 11.6 Å². The molecule has 0 unspecified atom stereocenters. The van der Waals surface area contributed by atoms with E-state index < -0.39 is 0 Å². The van der Waals surface area contributed by atoms with E-state index in [1.807, 2.05) is 25.1 Å². The molecule has 0 radical (unpaired) electrons. The fourth-order valence-electron chi connectivity index (χ4n) is 2.30. The Morgan fingerprint density at radius 1 is 1.19 bits per heavy atom. The fraction of sp³-hybridized carbons (Fsp3) is 0.238. The molecule has 2 aromatic rings. The first kappa shape index (κ1) is 19.7. The van der Waals surface area contributed by atoms with Crippen LogP contribution in [-0.4, -0.2) is 18.7 Å². The summed E-state index contributed by atoms with van der Waals surface area (Å²) in [5.74, 6) is 0.293. The Morgan fingerprint density at radius 2 is 1.92 bits per heavy atom. The van der Waals surface area contributed by atoms with Crippen LogP contribution in [0.2, 0.25) is 5.02 Å². The van der Waals surface area contributed by atoms with Gasteiger partial charge in [-0.05, 0) is 47.7 Å². The van der Waals surface area contributed by atoms with Crippen LogP contribution in [-0.2, 0) is 4.79 Å². The molecule has 0 saturated carbocycles. The van der Waals surface area contributed by atoms with Gasteiger partial charge >= 0.3 is 0 Å². The van der Waals surface area contributed by atoms with Gasteiger partial charge in [-0.25, -0.2) is 5.43 Å².